The first-order chi connectivity index (χ1) is 10.8. The fourth-order valence-corrected chi connectivity index (χ4v) is 2.81. The van der Waals surface area contributed by atoms with Gasteiger partial charge in [-0.2, -0.15) is 0 Å². The summed E-state index contributed by atoms with van der Waals surface area (Å²) in [5, 5.41) is 4.21. The molecular formula is C18H18ClNO2. The van der Waals surface area contributed by atoms with Crippen LogP contribution in [0.5, 0.6) is 11.5 Å². The van der Waals surface area contributed by atoms with Gasteiger partial charge in [-0.3, -0.25) is 0 Å². The van der Waals surface area contributed by atoms with E-state index >= 15 is 0 Å². The van der Waals surface area contributed by atoms with Gasteiger partial charge in [-0.15, -0.1) is 6.58 Å². The van der Waals surface area contributed by atoms with E-state index in [0.717, 1.165) is 24.3 Å². The molecule has 2 aromatic carbocycles. The molecule has 0 fully saturated rings. The van der Waals surface area contributed by atoms with Crippen LogP contribution in [0.3, 0.4) is 0 Å². The Kier molecular flexibility index (Phi) is 4.66. The summed E-state index contributed by atoms with van der Waals surface area (Å²) < 4.78 is 10.8. The Morgan fingerprint density at radius 3 is 2.64 bits per heavy atom. The molecule has 114 valence electrons. The Balaban J connectivity index is 1.80. The van der Waals surface area contributed by atoms with Crippen LogP contribution in [0.1, 0.15) is 23.6 Å². The number of fused-ring (bicyclic) bond motifs is 1. The van der Waals surface area contributed by atoms with Gasteiger partial charge in [-0.25, -0.2) is 0 Å². The van der Waals surface area contributed by atoms with Gasteiger partial charge in [-0.1, -0.05) is 48.0 Å². The van der Waals surface area contributed by atoms with Crippen molar-refractivity contribution in [1.29, 1.82) is 0 Å². The molecule has 0 saturated heterocycles. The number of nitrogens with one attached hydrogen (secondary N) is 1. The summed E-state index contributed by atoms with van der Waals surface area (Å²) in [6.45, 7) is 4.86. The molecule has 3 nitrogen and oxygen atoms in total. The maximum Gasteiger partial charge on any atom is 0.231 e. The van der Waals surface area contributed by atoms with Gasteiger partial charge in [0, 0.05) is 23.7 Å². The predicted molar refractivity (Wildman–Crippen MR) is 88.4 cm³/mol. The molecule has 0 spiro atoms. The van der Waals surface area contributed by atoms with Crippen LogP contribution in [0.15, 0.2) is 55.1 Å². The Hall–Kier alpha value is -1.97. The van der Waals surface area contributed by atoms with Crippen molar-refractivity contribution < 1.29 is 9.47 Å². The zero-order valence-electron chi connectivity index (χ0n) is 12.2. The van der Waals surface area contributed by atoms with Crippen molar-refractivity contribution in [2.24, 2.45) is 0 Å². The average molecular weight is 316 g/mol. The molecule has 0 aliphatic carbocycles. The largest absolute Gasteiger partial charge is 0.454 e. The molecular weight excluding hydrogens is 298 g/mol. The van der Waals surface area contributed by atoms with Crippen molar-refractivity contribution in [3.05, 3.63) is 71.3 Å². The van der Waals surface area contributed by atoms with E-state index in [9.17, 15) is 0 Å². The number of halogens is 1. The highest BCUT2D eigenvalue weighted by Crippen LogP contribution is 2.39. The topological polar surface area (TPSA) is 30.5 Å². The molecule has 0 amide bonds. The van der Waals surface area contributed by atoms with Crippen LogP contribution in [0.2, 0.25) is 5.02 Å². The van der Waals surface area contributed by atoms with Crippen LogP contribution in [-0.4, -0.2) is 6.79 Å². The number of benzene rings is 2. The van der Waals surface area contributed by atoms with E-state index in [1.807, 2.05) is 36.4 Å². The van der Waals surface area contributed by atoms with Gasteiger partial charge in [0.2, 0.25) is 6.79 Å². The molecule has 3 rings (SSSR count). The second kappa shape index (κ2) is 6.86. The summed E-state index contributed by atoms with van der Waals surface area (Å²) in [5.41, 5.74) is 2.23. The van der Waals surface area contributed by atoms with Crippen molar-refractivity contribution in [3.8, 4) is 11.5 Å². The molecule has 22 heavy (non-hydrogen) atoms. The van der Waals surface area contributed by atoms with E-state index < -0.39 is 0 Å². The van der Waals surface area contributed by atoms with Crippen molar-refractivity contribution in [2.45, 2.75) is 19.0 Å². The molecule has 1 N–H and O–H groups in total. The van der Waals surface area contributed by atoms with Gasteiger partial charge >= 0.3 is 0 Å². The van der Waals surface area contributed by atoms with Gasteiger partial charge in [0.25, 0.3) is 0 Å². The van der Waals surface area contributed by atoms with Crippen LogP contribution in [0.4, 0.5) is 0 Å². The van der Waals surface area contributed by atoms with Crippen LogP contribution in [0, 0.1) is 0 Å². The smallest absolute Gasteiger partial charge is 0.231 e. The number of rotatable bonds is 6. The quantitative estimate of drug-likeness (QED) is 0.797. The number of ether oxygens (including phenoxy) is 2. The molecule has 1 atom stereocenters. The monoisotopic (exact) mass is 315 g/mol. The van der Waals surface area contributed by atoms with Crippen LogP contribution < -0.4 is 14.8 Å². The Morgan fingerprint density at radius 1 is 1.18 bits per heavy atom. The van der Waals surface area contributed by atoms with Gasteiger partial charge in [0.1, 0.15) is 0 Å². The van der Waals surface area contributed by atoms with Gasteiger partial charge < -0.3 is 14.8 Å². The van der Waals surface area contributed by atoms with E-state index in [2.05, 4.69) is 24.0 Å². The molecule has 1 unspecified atom stereocenters. The molecule has 1 heterocycles. The third-order valence-corrected chi connectivity index (χ3v) is 3.99. The molecule has 0 radical (unpaired) electrons. The highest BCUT2D eigenvalue weighted by Gasteiger charge is 2.20. The lowest BCUT2D eigenvalue weighted by Crippen LogP contribution is -2.20. The second-order valence-electron chi connectivity index (χ2n) is 5.17. The Bertz CT molecular complexity index is 658. The van der Waals surface area contributed by atoms with E-state index in [1.54, 1.807) is 0 Å². The predicted octanol–water partition coefficient (Wildman–Crippen LogP) is 4.48. The highest BCUT2D eigenvalue weighted by molar-refractivity contribution is 6.31. The molecule has 4 heteroatoms. The van der Waals surface area contributed by atoms with E-state index in [1.165, 1.54) is 5.56 Å². The number of hydrogen-bond donors (Lipinski definition) is 1. The molecule has 1 aliphatic rings. The molecule has 1 aliphatic heterocycles. The highest BCUT2D eigenvalue weighted by atomic mass is 35.5. The summed E-state index contributed by atoms with van der Waals surface area (Å²) in [7, 11) is 0. The third-order valence-electron chi connectivity index (χ3n) is 3.67. The first-order valence-electron chi connectivity index (χ1n) is 7.25. The molecule has 0 aromatic heterocycles. The third kappa shape index (κ3) is 3.26. The summed E-state index contributed by atoms with van der Waals surface area (Å²) in [4.78, 5) is 0. The molecule has 2 aromatic rings. The van der Waals surface area contributed by atoms with Crippen molar-refractivity contribution in [2.75, 3.05) is 6.79 Å². The SMILES string of the molecule is C=CCC(NCc1ccccc1)c1cc2c(cc1Cl)OCO2. The van der Waals surface area contributed by atoms with E-state index in [-0.39, 0.29) is 12.8 Å². The van der Waals surface area contributed by atoms with Crippen LogP contribution in [0.25, 0.3) is 0 Å². The van der Waals surface area contributed by atoms with E-state index in [4.69, 9.17) is 21.1 Å². The Labute approximate surface area is 135 Å². The lowest BCUT2D eigenvalue weighted by atomic mass is 10.0. The fraction of sp³-hybridized carbons (Fsp3) is 0.222. The first-order valence-corrected chi connectivity index (χ1v) is 7.63. The molecule has 0 saturated carbocycles. The zero-order chi connectivity index (χ0) is 15.4. The van der Waals surface area contributed by atoms with Crippen LogP contribution >= 0.6 is 11.6 Å². The van der Waals surface area contributed by atoms with Gasteiger partial charge in [-0.05, 0) is 23.6 Å². The number of hydrogen-bond acceptors (Lipinski definition) is 3. The standard InChI is InChI=1S/C18H18ClNO2/c1-2-6-16(20-11-13-7-4-3-5-8-13)14-9-17-18(10-15(14)19)22-12-21-17/h2-5,7-10,16,20H,1,6,11-12H2. The lowest BCUT2D eigenvalue weighted by molar-refractivity contribution is 0.174. The van der Waals surface area contributed by atoms with Crippen LogP contribution in [-0.2, 0) is 6.54 Å². The fourth-order valence-electron chi connectivity index (χ4n) is 2.52. The minimum atomic E-state index is 0.0831. The molecule has 0 bridgehead atoms. The maximum absolute atomic E-state index is 6.41. The summed E-state index contributed by atoms with van der Waals surface area (Å²) in [5.74, 6) is 1.45. The average Bonchev–Trinajstić information content (AvgIpc) is 2.99. The van der Waals surface area contributed by atoms with E-state index in [0.29, 0.717) is 10.8 Å². The van der Waals surface area contributed by atoms with Crippen molar-refractivity contribution >= 4 is 11.6 Å². The summed E-state index contributed by atoms with van der Waals surface area (Å²) >= 11 is 6.41. The van der Waals surface area contributed by atoms with Crippen molar-refractivity contribution in [3.63, 3.8) is 0 Å². The summed E-state index contributed by atoms with van der Waals surface area (Å²) in [6, 6.07) is 14.1. The second-order valence-corrected chi connectivity index (χ2v) is 5.58. The van der Waals surface area contributed by atoms with Gasteiger partial charge in [0.05, 0.1) is 0 Å². The minimum absolute atomic E-state index is 0.0831. The maximum atomic E-state index is 6.41. The minimum Gasteiger partial charge on any atom is -0.454 e. The first kappa shape index (κ1) is 14.9. The van der Waals surface area contributed by atoms with Crippen molar-refractivity contribution in [1.82, 2.24) is 5.32 Å². The lowest BCUT2D eigenvalue weighted by Gasteiger charge is -2.19. The summed E-state index contributed by atoms with van der Waals surface area (Å²) in [6.07, 6.45) is 2.68. The Morgan fingerprint density at radius 2 is 1.91 bits per heavy atom. The zero-order valence-corrected chi connectivity index (χ0v) is 13.0. The van der Waals surface area contributed by atoms with Gasteiger partial charge in [0.15, 0.2) is 11.5 Å². The normalized spacial score (nSPS) is 13.9.